The van der Waals surface area contributed by atoms with Gasteiger partial charge in [-0.2, -0.15) is 0 Å². The number of ether oxygens (including phenoxy) is 4. The summed E-state index contributed by atoms with van der Waals surface area (Å²) in [6.45, 7) is 8.02. The lowest BCUT2D eigenvalue weighted by Crippen LogP contribution is -2.39. The zero-order valence-electron chi connectivity index (χ0n) is 20.3. The molecule has 0 radical (unpaired) electrons. The molecular formula is C26H34O6. The fourth-order valence-corrected chi connectivity index (χ4v) is 4.48. The van der Waals surface area contributed by atoms with Gasteiger partial charge in [-0.3, -0.25) is 9.59 Å². The predicted molar refractivity (Wildman–Crippen MR) is 124 cm³/mol. The SMILES string of the molecule is COc1cccc(OC)c1C(=O)C(C(=O)c1c(OC)cccc1OC)C(C)(C)CC(C)C. The van der Waals surface area contributed by atoms with Crippen LogP contribution in [0.5, 0.6) is 23.0 Å². The quantitative estimate of drug-likeness (QED) is 0.339. The van der Waals surface area contributed by atoms with Gasteiger partial charge in [-0.1, -0.05) is 39.8 Å². The number of rotatable bonds is 11. The van der Waals surface area contributed by atoms with E-state index in [1.54, 1.807) is 36.4 Å². The first-order chi connectivity index (χ1) is 15.1. The molecule has 0 heterocycles. The van der Waals surface area contributed by atoms with Crippen LogP contribution < -0.4 is 18.9 Å². The van der Waals surface area contributed by atoms with Crippen LogP contribution in [0.2, 0.25) is 0 Å². The van der Waals surface area contributed by atoms with Crippen LogP contribution in [0.15, 0.2) is 36.4 Å². The van der Waals surface area contributed by atoms with Crippen molar-refractivity contribution in [1.29, 1.82) is 0 Å². The number of hydrogen-bond acceptors (Lipinski definition) is 6. The molecule has 0 saturated carbocycles. The zero-order valence-corrected chi connectivity index (χ0v) is 20.3. The molecule has 0 bridgehead atoms. The lowest BCUT2D eigenvalue weighted by atomic mass is 9.67. The van der Waals surface area contributed by atoms with Crippen molar-refractivity contribution in [3.05, 3.63) is 47.5 Å². The van der Waals surface area contributed by atoms with Crippen LogP contribution in [0.25, 0.3) is 0 Å². The summed E-state index contributed by atoms with van der Waals surface area (Å²) in [4.78, 5) is 28.2. The molecule has 0 atom stereocenters. The fraction of sp³-hybridized carbons (Fsp3) is 0.462. The summed E-state index contributed by atoms with van der Waals surface area (Å²) in [5.74, 6) is -0.0173. The third-order valence-electron chi connectivity index (χ3n) is 5.59. The standard InChI is InChI=1S/C26H34O6/c1-16(2)15-26(3,4)23(24(27)21-17(29-5)11-9-12-18(21)30-6)25(28)22-19(31-7)13-10-14-20(22)32-8/h9-14,16,23H,15H2,1-8H3. The summed E-state index contributed by atoms with van der Waals surface area (Å²) in [6.07, 6.45) is 0.657. The first-order valence-electron chi connectivity index (χ1n) is 10.6. The van der Waals surface area contributed by atoms with Gasteiger partial charge in [-0.25, -0.2) is 0 Å². The topological polar surface area (TPSA) is 71.1 Å². The number of ketones is 2. The molecule has 2 aromatic rings. The van der Waals surface area contributed by atoms with Gasteiger partial charge in [0.15, 0.2) is 11.6 Å². The number of benzene rings is 2. The van der Waals surface area contributed by atoms with Gasteiger partial charge in [0, 0.05) is 0 Å². The third-order valence-corrected chi connectivity index (χ3v) is 5.59. The average Bonchev–Trinajstić information content (AvgIpc) is 2.76. The molecule has 2 rings (SSSR count). The monoisotopic (exact) mass is 442 g/mol. The van der Waals surface area contributed by atoms with E-state index in [9.17, 15) is 9.59 Å². The highest BCUT2D eigenvalue weighted by Crippen LogP contribution is 2.43. The molecule has 2 aromatic carbocycles. The molecule has 0 aliphatic carbocycles. The van der Waals surface area contributed by atoms with E-state index in [0.29, 0.717) is 29.4 Å². The molecule has 0 aliphatic rings. The van der Waals surface area contributed by atoms with Crippen LogP contribution in [-0.4, -0.2) is 40.0 Å². The Morgan fingerprint density at radius 1 is 0.719 bits per heavy atom. The summed E-state index contributed by atoms with van der Waals surface area (Å²) in [7, 11) is 5.96. The van der Waals surface area contributed by atoms with Crippen LogP contribution in [0, 0.1) is 17.3 Å². The minimum Gasteiger partial charge on any atom is -0.496 e. The average molecular weight is 443 g/mol. The maximum atomic E-state index is 14.1. The second kappa shape index (κ2) is 10.5. The highest BCUT2D eigenvalue weighted by atomic mass is 16.5. The van der Waals surface area contributed by atoms with Gasteiger partial charge < -0.3 is 18.9 Å². The van der Waals surface area contributed by atoms with Crippen molar-refractivity contribution in [1.82, 2.24) is 0 Å². The molecule has 0 aliphatic heterocycles. The lowest BCUT2D eigenvalue weighted by Gasteiger charge is -2.35. The van der Waals surface area contributed by atoms with Crippen LogP contribution in [0.4, 0.5) is 0 Å². The van der Waals surface area contributed by atoms with Crippen molar-refractivity contribution < 1.29 is 28.5 Å². The molecule has 6 heteroatoms. The fourth-order valence-electron chi connectivity index (χ4n) is 4.48. The third kappa shape index (κ3) is 5.06. The first-order valence-corrected chi connectivity index (χ1v) is 10.6. The van der Waals surface area contributed by atoms with Crippen molar-refractivity contribution in [3.8, 4) is 23.0 Å². The summed E-state index contributed by atoms with van der Waals surface area (Å²) >= 11 is 0. The van der Waals surface area contributed by atoms with Gasteiger partial charge in [-0.15, -0.1) is 0 Å². The number of carbonyl (C=O) groups excluding carboxylic acids is 2. The molecule has 0 aromatic heterocycles. The molecule has 174 valence electrons. The molecule has 0 saturated heterocycles. The van der Waals surface area contributed by atoms with E-state index in [1.165, 1.54) is 28.4 Å². The number of hydrogen-bond donors (Lipinski definition) is 0. The van der Waals surface area contributed by atoms with Crippen molar-refractivity contribution in [2.24, 2.45) is 17.3 Å². The van der Waals surface area contributed by atoms with Gasteiger partial charge >= 0.3 is 0 Å². The van der Waals surface area contributed by atoms with E-state index in [4.69, 9.17) is 18.9 Å². The first kappa shape index (κ1) is 25.2. The van der Waals surface area contributed by atoms with Gasteiger partial charge in [-0.05, 0) is 42.0 Å². The van der Waals surface area contributed by atoms with Gasteiger partial charge in [0.2, 0.25) is 0 Å². The summed E-state index contributed by atoms with van der Waals surface area (Å²) in [6, 6.07) is 10.3. The molecule has 0 unspecified atom stereocenters. The van der Waals surface area contributed by atoms with Crippen molar-refractivity contribution >= 4 is 11.6 Å². The molecule has 0 fully saturated rings. The summed E-state index contributed by atoms with van der Waals surface area (Å²) in [5.41, 5.74) is -0.164. The maximum absolute atomic E-state index is 14.1. The minimum atomic E-state index is -1.01. The largest absolute Gasteiger partial charge is 0.496 e. The summed E-state index contributed by atoms with van der Waals surface area (Å²) in [5, 5.41) is 0. The Labute approximate surface area is 190 Å². The van der Waals surface area contributed by atoms with Gasteiger partial charge in [0.25, 0.3) is 0 Å². The number of Topliss-reactive ketones (excluding diaryl/α,β-unsaturated/α-hetero) is 2. The Kier molecular flexibility index (Phi) is 8.31. The highest BCUT2D eigenvalue weighted by Gasteiger charge is 2.45. The van der Waals surface area contributed by atoms with Crippen molar-refractivity contribution in [3.63, 3.8) is 0 Å². The van der Waals surface area contributed by atoms with E-state index < -0.39 is 11.3 Å². The van der Waals surface area contributed by atoms with Crippen LogP contribution >= 0.6 is 0 Å². The molecule has 0 amide bonds. The van der Waals surface area contributed by atoms with E-state index in [2.05, 4.69) is 13.8 Å². The molecular weight excluding hydrogens is 408 g/mol. The van der Waals surface area contributed by atoms with E-state index >= 15 is 0 Å². The number of methoxy groups -OCH3 is 4. The Hall–Kier alpha value is -3.02. The predicted octanol–water partition coefficient (Wildman–Crippen LogP) is 5.48. The maximum Gasteiger partial charge on any atom is 0.181 e. The Balaban J connectivity index is 2.77. The second-order valence-electron chi connectivity index (χ2n) is 8.82. The Morgan fingerprint density at radius 2 is 1.03 bits per heavy atom. The van der Waals surface area contributed by atoms with Crippen LogP contribution in [0.1, 0.15) is 54.8 Å². The Bertz CT molecular complexity index is 849. The molecule has 0 N–H and O–H groups in total. The number of carbonyl (C=O) groups is 2. The lowest BCUT2D eigenvalue weighted by molar-refractivity contribution is 0.0634. The van der Waals surface area contributed by atoms with Gasteiger partial charge in [0.1, 0.15) is 34.1 Å². The molecule has 32 heavy (non-hydrogen) atoms. The van der Waals surface area contributed by atoms with E-state index in [-0.39, 0.29) is 28.6 Å². The zero-order chi connectivity index (χ0) is 24.1. The normalized spacial score (nSPS) is 11.4. The van der Waals surface area contributed by atoms with Crippen LogP contribution in [0.3, 0.4) is 0 Å². The van der Waals surface area contributed by atoms with E-state index in [1.807, 2.05) is 13.8 Å². The van der Waals surface area contributed by atoms with Gasteiger partial charge in [0.05, 0.1) is 34.4 Å². The highest BCUT2D eigenvalue weighted by molar-refractivity contribution is 6.20. The minimum absolute atomic E-state index is 0.251. The second-order valence-corrected chi connectivity index (χ2v) is 8.82. The summed E-state index contributed by atoms with van der Waals surface area (Å²) < 4.78 is 21.9. The van der Waals surface area contributed by atoms with Crippen LogP contribution in [-0.2, 0) is 0 Å². The van der Waals surface area contributed by atoms with E-state index in [0.717, 1.165) is 0 Å². The van der Waals surface area contributed by atoms with Crippen molar-refractivity contribution in [2.45, 2.75) is 34.1 Å². The molecule has 6 nitrogen and oxygen atoms in total. The Morgan fingerprint density at radius 3 is 1.28 bits per heavy atom. The molecule has 0 spiro atoms. The smallest absolute Gasteiger partial charge is 0.181 e. The van der Waals surface area contributed by atoms with Crippen molar-refractivity contribution in [2.75, 3.05) is 28.4 Å².